The monoisotopic (exact) mass is 324 g/mol. The molecule has 1 heterocycles. The number of rotatable bonds is 5. The highest BCUT2D eigenvalue weighted by Crippen LogP contribution is 2.29. The van der Waals surface area contributed by atoms with Gasteiger partial charge in [0, 0.05) is 23.1 Å². The van der Waals surface area contributed by atoms with Crippen molar-refractivity contribution in [2.24, 2.45) is 5.41 Å². The lowest BCUT2D eigenvalue weighted by molar-refractivity contribution is -0.0895. The molecule has 0 saturated carbocycles. The SMILES string of the molecule is COc1ccc(Br)cc1CN(C)CC1(C#N)COC1. The van der Waals surface area contributed by atoms with Gasteiger partial charge in [0.25, 0.3) is 0 Å². The van der Waals surface area contributed by atoms with Crippen LogP contribution in [0.1, 0.15) is 5.56 Å². The Hall–Kier alpha value is -1.09. The third-order valence-corrected chi connectivity index (χ3v) is 3.74. The minimum absolute atomic E-state index is 0.339. The first-order chi connectivity index (χ1) is 9.08. The summed E-state index contributed by atoms with van der Waals surface area (Å²) in [5, 5.41) is 9.21. The van der Waals surface area contributed by atoms with E-state index in [-0.39, 0.29) is 5.41 Å². The number of methoxy groups -OCH3 is 1. The van der Waals surface area contributed by atoms with Crippen LogP contribution in [0.2, 0.25) is 0 Å². The molecule has 1 aromatic carbocycles. The van der Waals surface area contributed by atoms with Gasteiger partial charge in [-0.25, -0.2) is 0 Å². The predicted molar refractivity (Wildman–Crippen MR) is 75.9 cm³/mol. The maximum atomic E-state index is 9.21. The average Bonchev–Trinajstić information content (AvgIpc) is 2.34. The number of nitrogens with zero attached hydrogens (tertiary/aromatic N) is 2. The maximum absolute atomic E-state index is 9.21. The second-order valence-corrected chi connectivity index (χ2v) is 5.93. The van der Waals surface area contributed by atoms with Gasteiger partial charge in [-0.15, -0.1) is 0 Å². The summed E-state index contributed by atoms with van der Waals surface area (Å²) >= 11 is 3.47. The average molecular weight is 325 g/mol. The van der Waals surface area contributed by atoms with Crippen LogP contribution < -0.4 is 4.74 Å². The van der Waals surface area contributed by atoms with Crippen molar-refractivity contribution in [3.05, 3.63) is 28.2 Å². The van der Waals surface area contributed by atoms with Crippen LogP contribution >= 0.6 is 15.9 Å². The number of hydrogen-bond acceptors (Lipinski definition) is 4. The van der Waals surface area contributed by atoms with E-state index in [9.17, 15) is 5.26 Å². The van der Waals surface area contributed by atoms with E-state index in [1.54, 1.807) is 7.11 Å². The molecule has 1 saturated heterocycles. The Morgan fingerprint density at radius 1 is 1.53 bits per heavy atom. The van der Waals surface area contributed by atoms with Crippen molar-refractivity contribution < 1.29 is 9.47 Å². The van der Waals surface area contributed by atoms with E-state index in [0.717, 1.165) is 22.3 Å². The summed E-state index contributed by atoms with van der Waals surface area (Å²) in [7, 11) is 3.68. The lowest BCUT2D eigenvalue weighted by Crippen LogP contribution is -2.48. The summed E-state index contributed by atoms with van der Waals surface area (Å²) in [6.45, 7) is 2.51. The molecule has 1 aliphatic rings. The van der Waals surface area contributed by atoms with Crippen LogP contribution in [-0.4, -0.2) is 38.8 Å². The molecular weight excluding hydrogens is 308 g/mol. The van der Waals surface area contributed by atoms with Gasteiger partial charge in [0.15, 0.2) is 0 Å². The van der Waals surface area contributed by atoms with Crippen LogP contribution in [0.15, 0.2) is 22.7 Å². The van der Waals surface area contributed by atoms with E-state index in [2.05, 4.69) is 26.9 Å². The number of benzene rings is 1. The largest absolute Gasteiger partial charge is 0.496 e. The van der Waals surface area contributed by atoms with Crippen molar-refractivity contribution >= 4 is 15.9 Å². The van der Waals surface area contributed by atoms with E-state index in [4.69, 9.17) is 9.47 Å². The fourth-order valence-electron chi connectivity index (χ4n) is 2.27. The Bertz CT molecular complexity index is 495. The van der Waals surface area contributed by atoms with Gasteiger partial charge in [0.2, 0.25) is 0 Å². The molecule has 1 aromatic rings. The van der Waals surface area contributed by atoms with Gasteiger partial charge < -0.3 is 14.4 Å². The first-order valence-corrected chi connectivity index (χ1v) is 6.88. The first-order valence-electron chi connectivity index (χ1n) is 6.08. The smallest absolute Gasteiger partial charge is 0.123 e. The molecule has 0 unspecified atom stereocenters. The molecule has 2 rings (SSSR count). The Kier molecular flexibility index (Phi) is 4.46. The molecule has 0 bridgehead atoms. The van der Waals surface area contributed by atoms with E-state index >= 15 is 0 Å². The number of ether oxygens (including phenoxy) is 2. The number of halogens is 1. The van der Waals surface area contributed by atoms with Crippen molar-refractivity contribution in [2.75, 3.05) is 33.9 Å². The molecule has 0 atom stereocenters. The van der Waals surface area contributed by atoms with Gasteiger partial charge in [0.05, 0.1) is 26.4 Å². The molecule has 19 heavy (non-hydrogen) atoms. The highest BCUT2D eigenvalue weighted by Gasteiger charge is 2.39. The quantitative estimate of drug-likeness (QED) is 0.834. The molecule has 1 aliphatic heterocycles. The van der Waals surface area contributed by atoms with Gasteiger partial charge in [-0.3, -0.25) is 0 Å². The van der Waals surface area contributed by atoms with E-state index in [1.807, 2.05) is 25.2 Å². The van der Waals surface area contributed by atoms with Crippen LogP contribution in [0.5, 0.6) is 5.75 Å². The molecule has 5 heteroatoms. The molecule has 0 radical (unpaired) electrons. The van der Waals surface area contributed by atoms with E-state index in [0.29, 0.717) is 19.8 Å². The molecule has 4 nitrogen and oxygen atoms in total. The summed E-state index contributed by atoms with van der Waals surface area (Å²) < 4.78 is 11.6. The van der Waals surface area contributed by atoms with Gasteiger partial charge in [0.1, 0.15) is 11.2 Å². The summed E-state index contributed by atoms with van der Waals surface area (Å²) in [6.07, 6.45) is 0. The van der Waals surface area contributed by atoms with E-state index in [1.165, 1.54) is 0 Å². The summed E-state index contributed by atoms with van der Waals surface area (Å²) in [5.41, 5.74) is 0.765. The number of nitriles is 1. The van der Waals surface area contributed by atoms with Crippen LogP contribution in [0.25, 0.3) is 0 Å². The zero-order valence-electron chi connectivity index (χ0n) is 11.1. The Labute approximate surface area is 122 Å². The lowest BCUT2D eigenvalue weighted by Gasteiger charge is -2.38. The molecular formula is C14H17BrN2O2. The van der Waals surface area contributed by atoms with Gasteiger partial charge >= 0.3 is 0 Å². The maximum Gasteiger partial charge on any atom is 0.123 e. The minimum Gasteiger partial charge on any atom is -0.496 e. The summed E-state index contributed by atoms with van der Waals surface area (Å²) in [5.74, 6) is 0.867. The van der Waals surface area contributed by atoms with Crippen LogP contribution in [0, 0.1) is 16.7 Å². The third-order valence-electron chi connectivity index (χ3n) is 3.25. The van der Waals surface area contributed by atoms with Crippen molar-refractivity contribution in [1.29, 1.82) is 5.26 Å². The highest BCUT2D eigenvalue weighted by molar-refractivity contribution is 9.10. The Morgan fingerprint density at radius 2 is 2.26 bits per heavy atom. The van der Waals surface area contributed by atoms with Crippen LogP contribution in [-0.2, 0) is 11.3 Å². The number of hydrogen-bond donors (Lipinski definition) is 0. The molecule has 0 aromatic heterocycles. The highest BCUT2D eigenvalue weighted by atomic mass is 79.9. The molecule has 102 valence electrons. The summed E-state index contributed by atoms with van der Waals surface area (Å²) in [4.78, 5) is 2.13. The van der Waals surface area contributed by atoms with Crippen molar-refractivity contribution in [3.63, 3.8) is 0 Å². The topological polar surface area (TPSA) is 45.5 Å². The summed E-state index contributed by atoms with van der Waals surface area (Å²) in [6, 6.07) is 8.31. The second kappa shape index (κ2) is 5.91. The van der Waals surface area contributed by atoms with Gasteiger partial charge in [-0.2, -0.15) is 5.26 Å². The molecule has 0 spiro atoms. The van der Waals surface area contributed by atoms with E-state index < -0.39 is 0 Å². The normalized spacial score (nSPS) is 16.8. The molecule has 1 fully saturated rings. The Balaban J connectivity index is 2.04. The second-order valence-electron chi connectivity index (χ2n) is 5.01. The van der Waals surface area contributed by atoms with Gasteiger partial charge in [-0.1, -0.05) is 15.9 Å². The predicted octanol–water partition coefficient (Wildman–Crippen LogP) is 2.43. The zero-order chi connectivity index (χ0) is 13.9. The molecule has 0 N–H and O–H groups in total. The molecule has 0 aliphatic carbocycles. The van der Waals surface area contributed by atoms with Crippen LogP contribution in [0.4, 0.5) is 0 Å². The van der Waals surface area contributed by atoms with Gasteiger partial charge in [-0.05, 0) is 25.2 Å². The minimum atomic E-state index is -0.339. The first kappa shape index (κ1) is 14.3. The van der Waals surface area contributed by atoms with Crippen molar-refractivity contribution in [2.45, 2.75) is 6.54 Å². The third kappa shape index (κ3) is 3.27. The van der Waals surface area contributed by atoms with Crippen molar-refractivity contribution in [1.82, 2.24) is 4.90 Å². The fraction of sp³-hybridized carbons (Fsp3) is 0.500. The lowest BCUT2D eigenvalue weighted by atomic mass is 9.87. The Morgan fingerprint density at radius 3 is 2.79 bits per heavy atom. The molecule has 0 amide bonds. The standard InChI is InChI=1S/C14H17BrN2O2/c1-17(8-14(7-16)9-19-10-14)6-11-5-12(15)3-4-13(11)18-2/h3-5H,6,8-10H2,1-2H3. The van der Waals surface area contributed by atoms with Crippen molar-refractivity contribution in [3.8, 4) is 11.8 Å². The zero-order valence-corrected chi connectivity index (χ0v) is 12.7. The fourth-order valence-corrected chi connectivity index (χ4v) is 2.68. The van der Waals surface area contributed by atoms with Crippen LogP contribution in [0.3, 0.4) is 0 Å².